The van der Waals surface area contributed by atoms with E-state index in [2.05, 4.69) is 41.2 Å². The highest BCUT2D eigenvalue weighted by Crippen LogP contribution is 2.18. The number of anilines is 1. The summed E-state index contributed by atoms with van der Waals surface area (Å²) in [6.07, 6.45) is 0. The topological polar surface area (TPSA) is 51.0 Å². The maximum absolute atomic E-state index is 11.4. The number of benzene rings is 1. The molecule has 106 valence electrons. The molecule has 2 aromatic rings. The average Bonchev–Trinajstić information content (AvgIpc) is 2.83. The second-order valence-corrected chi connectivity index (χ2v) is 4.68. The van der Waals surface area contributed by atoms with Crippen LogP contribution in [-0.2, 0) is 0 Å². The fraction of sp³-hybridized carbons (Fsp3) is 0.400. The van der Waals surface area contributed by atoms with Gasteiger partial charge >= 0.3 is 0 Å². The lowest BCUT2D eigenvalue weighted by molar-refractivity contribution is 0.101. The van der Waals surface area contributed by atoms with E-state index in [1.807, 2.05) is 19.1 Å². The van der Waals surface area contributed by atoms with E-state index in [0.717, 1.165) is 24.5 Å². The molecule has 0 aliphatic heterocycles. The summed E-state index contributed by atoms with van der Waals surface area (Å²) >= 11 is 0. The number of Topliss-reactive ketones (excluding diaryl/α,β-unsaturated/α-hetero) is 1. The Labute approximate surface area is 119 Å². The Balaban J connectivity index is 2.33. The fourth-order valence-electron chi connectivity index (χ4n) is 2.29. The molecule has 0 aliphatic carbocycles. The second-order valence-electron chi connectivity index (χ2n) is 4.68. The third kappa shape index (κ3) is 2.57. The molecule has 20 heavy (non-hydrogen) atoms. The summed E-state index contributed by atoms with van der Waals surface area (Å²) in [6.45, 7) is 9.59. The molecule has 1 aromatic carbocycles. The molecule has 0 fully saturated rings. The standard InChI is InChI=1S/C15H20N4O/c1-5-18(6-2)13-7-9-14(10-8-13)19-11(3)15(12(4)20)16-17-19/h7-10H,5-6H2,1-4H3. The molecular weight excluding hydrogens is 252 g/mol. The lowest BCUT2D eigenvalue weighted by Gasteiger charge is -2.21. The first-order chi connectivity index (χ1) is 9.58. The number of ketones is 1. The molecule has 1 aromatic heterocycles. The molecule has 0 saturated carbocycles. The van der Waals surface area contributed by atoms with E-state index < -0.39 is 0 Å². The van der Waals surface area contributed by atoms with Crippen molar-refractivity contribution < 1.29 is 4.79 Å². The van der Waals surface area contributed by atoms with Gasteiger partial charge in [-0.1, -0.05) is 5.21 Å². The van der Waals surface area contributed by atoms with Crippen LogP contribution in [0.4, 0.5) is 5.69 Å². The lowest BCUT2D eigenvalue weighted by Crippen LogP contribution is -2.21. The number of aromatic nitrogens is 3. The first-order valence-corrected chi connectivity index (χ1v) is 6.87. The van der Waals surface area contributed by atoms with E-state index in [4.69, 9.17) is 0 Å². The van der Waals surface area contributed by atoms with Gasteiger partial charge in [-0.2, -0.15) is 0 Å². The predicted molar refractivity (Wildman–Crippen MR) is 79.7 cm³/mol. The highest BCUT2D eigenvalue weighted by Gasteiger charge is 2.13. The molecular formula is C15H20N4O. The van der Waals surface area contributed by atoms with E-state index in [9.17, 15) is 4.79 Å². The Morgan fingerprint density at radius 2 is 1.80 bits per heavy atom. The molecule has 1 heterocycles. The summed E-state index contributed by atoms with van der Waals surface area (Å²) in [5, 5.41) is 7.99. The maximum atomic E-state index is 11.4. The quantitative estimate of drug-likeness (QED) is 0.785. The van der Waals surface area contributed by atoms with Crippen LogP contribution in [0.1, 0.15) is 37.0 Å². The maximum Gasteiger partial charge on any atom is 0.181 e. The van der Waals surface area contributed by atoms with Crippen molar-refractivity contribution in [1.29, 1.82) is 0 Å². The van der Waals surface area contributed by atoms with Gasteiger partial charge in [0.05, 0.1) is 11.4 Å². The van der Waals surface area contributed by atoms with Crippen molar-refractivity contribution >= 4 is 11.5 Å². The highest BCUT2D eigenvalue weighted by atomic mass is 16.1. The monoisotopic (exact) mass is 272 g/mol. The van der Waals surface area contributed by atoms with Crippen LogP contribution in [0.15, 0.2) is 24.3 Å². The zero-order valence-corrected chi connectivity index (χ0v) is 12.4. The van der Waals surface area contributed by atoms with Gasteiger partial charge < -0.3 is 4.90 Å². The van der Waals surface area contributed by atoms with Crippen LogP contribution in [0.3, 0.4) is 0 Å². The zero-order chi connectivity index (χ0) is 14.7. The van der Waals surface area contributed by atoms with Crippen molar-refractivity contribution in [2.24, 2.45) is 0 Å². The van der Waals surface area contributed by atoms with E-state index >= 15 is 0 Å². The average molecular weight is 272 g/mol. The third-order valence-electron chi connectivity index (χ3n) is 3.45. The Morgan fingerprint density at radius 1 is 1.20 bits per heavy atom. The third-order valence-corrected chi connectivity index (χ3v) is 3.45. The second kappa shape index (κ2) is 5.86. The summed E-state index contributed by atoms with van der Waals surface area (Å²) in [5.74, 6) is -0.0616. The fourth-order valence-corrected chi connectivity index (χ4v) is 2.29. The zero-order valence-electron chi connectivity index (χ0n) is 12.4. The van der Waals surface area contributed by atoms with Gasteiger partial charge in [0.25, 0.3) is 0 Å². The number of hydrogen-bond acceptors (Lipinski definition) is 4. The van der Waals surface area contributed by atoms with Crippen LogP contribution < -0.4 is 4.90 Å². The minimum atomic E-state index is -0.0616. The minimum Gasteiger partial charge on any atom is -0.372 e. The number of nitrogens with zero attached hydrogens (tertiary/aromatic N) is 4. The van der Waals surface area contributed by atoms with Gasteiger partial charge in [-0.15, -0.1) is 5.10 Å². The van der Waals surface area contributed by atoms with Crippen molar-refractivity contribution in [1.82, 2.24) is 15.0 Å². The van der Waals surface area contributed by atoms with Crippen LogP contribution in [0, 0.1) is 6.92 Å². The molecule has 0 amide bonds. The SMILES string of the molecule is CCN(CC)c1ccc(-n2nnc(C(C)=O)c2C)cc1. The Hall–Kier alpha value is -2.17. The lowest BCUT2D eigenvalue weighted by atomic mass is 10.2. The van der Waals surface area contributed by atoms with Crippen LogP contribution in [-0.4, -0.2) is 33.9 Å². The van der Waals surface area contributed by atoms with Crippen molar-refractivity contribution in [3.8, 4) is 5.69 Å². The normalized spacial score (nSPS) is 10.6. The summed E-state index contributed by atoms with van der Waals surface area (Å²) in [7, 11) is 0. The molecule has 0 N–H and O–H groups in total. The summed E-state index contributed by atoms with van der Waals surface area (Å²) < 4.78 is 1.70. The number of rotatable bonds is 5. The molecule has 0 saturated heterocycles. The first-order valence-electron chi connectivity index (χ1n) is 6.87. The molecule has 0 radical (unpaired) electrons. The molecule has 5 heteroatoms. The molecule has 0 spiro atoms. The van der Waals surface area contributed by atoms with Crippen LogP contribution in [0.2, 0.25) is 0 Å². The Bertz CT molecular complexity index is 597. The Kier molecular flexibility index (Phi) is 4.17. The van der Waals surface area contributed by atoms with Crippen LogP contribution >= 0.6 is 0 Å². The first kappa shape index (κ1) is 14.2. The van der Waals surface area contributed by atoms with Crippen LogP contribution in [0.5, 0.6) is 0 Å². The van der Waals surface area contributed by atoms with E-state index in [1.54, 1.807) is 4.68 Å². The van der Waals surface area contributed by atoms with Crippen molar-refractivity contribution in [2.45, 2.75) is 27.7 Å². The van der Waals surface area contributed by atoms with E-state index in [1.165, 1.54) is 12.6 Å². The molecule has 5 nitrogen and oxygen atoms in total. The molecule has 0 unspecified atom stereocenters. The van der Waals surface area contributed by atoms with Gasteiger partial charge in [0.2, 0.25) is 0 Å². The Morgan fingerprint density at radius 3 is 2.25 bits per heavy atom. The van der Waals surface area contributed by atoms with Gasteiger partial charge in [-0.05, 0) is 45.0 Å². The molecule has 0 aliphatic rings. The number of carbonyl (C=O) groups is 1. The van der Waals surface area contributed by atoms with Gasteiger partial charge in [0.15, 0.2) is 11.5 Å². The van der Waals surface area contributed by atoms with E-state index in [0.29, 0.717) is 5.69 Å². The smallest absolute Gasteiger partial charge is 0.181 e. The van der Waals surface area contributed by atoms with Crippen molar-refractivity contribution in [2.75, 3.05) is 18.0 Å². The largest absolute Gasteiger partial charge is 0.372 e. The summed E-state index contributed by atoms with van der Waals surface area (Å²) in [6, 6.07) is 8.13. The van der Waals surface area contributed by atoms with Gasteiger partial charge in [-0.3, -0.25) is 4.79 Å². The predicted octanol–water partition coefficient (Wildman–Crippen LogP) is 2.62. The van der Waals surface area contributed by atoms with Crippen molar-refractivity contribution in [3.05, 3.63) is 35.7 Å². The van der Waals surface area contributed by atoms with Crippen LogP contribution in [0.25, 0.3) is 5.69 Å². The highest BCUT2D eigenvalue weighted by molar-refractivity contribution is 5.93. The molecule has 0 atom stereocenters. The van der Waals surface area contributed by atoms with E-state index in [-0.39, 0.29) is 5.78 Å². The van der Waals surface area contributed by atoms with Gasteiger partial charge in [0, 0.05) is 25.7 Å². The molecule has 0 bridgehead atoms. The van der Waals surface area contributed by atoms with Gasteiger partial charge in [-0.25, -0.2) is 4.68 Å². The van der Waals surface area contributed by atoms with Crippen molar-refractivity contribution in [3.63, 3.8) is 0 Å². The number of carbonyl (C=O) groups excluding carboxylic acids is 1. The summed E-state index contributed by atoms with van der Waals surface area (Å²) in [5.41, 5.74) is 3.30. The number of hydrogen-bond donors (Lipinski definition) is 0. The summed E-state index contributed by atoms with van der Waals surface area (Å²) in [4.78, 5) is 13.7. The minimum absolute atomic E-state index is 0.0616. The molecule has 2 rings (SSSR count). The van der Waals surface area contributed by atoms with Gasteiger partial charge in [0.1, 0.15) is 0 Å².